The average molecular weight is 424 g/mol. The van der Waals surface area contributed by atoms with Crippen molar-refractivity contribution in [3.8, 4) is 11.8 Å². The van der Waals surface area contributed by atoms with Crippen LogP contribution in [0.5, 0.6) is 0 Å². The summed E-state index contributed by atoms with van der Waals surface area (Å²) >= 11 is 6.10. The second kappa shape index (κ2) is 8.33. The number of carbonyl (C=O) groups is 1. The van der Waals surface area contributed by atoms with Gasteiger partial charge in [0.1, 0.15) is 17.9 Å². The first-order chi connectivity index (χ1) is 14.5. The lowest BCUT2D eigenvalue weighted by Crippen LogP contribution is -2.27. The molecule has 8 heteroatoms. The second-order valence-corrected chi connectivity index (χ2v) is 7.58. The Morgan fingerprint density at radius 1 is 1.30 bits per heavy atom. The van der Waals surface area contributed by atoms with Crippen molar-refractivity contribution in [3.63, 3.8) is 0 Å². The number of nitrogens with one attached hydrogen (secondary N) is 1. The fraction of sp³-hybridized carbons (Fsp3) is 0.364. The fourth-order valence-electron chi connectivity index (χ4n) is 3.84. The molecule has 30 heavy (non-hydrogen) atoms. The molecule has 7 nitrogen and oxygen atoms in total. The maximum atomic E-state index is 12.4. The molecular formula is C22H22ClN5O2. The molecule has 1 aromatic carbocycles. The molecule has 0 bridgehead atoms. The van der Waals surface area contributed by atoms with Gasteiger partial charge in [0, 0.05) is 11.6 Å². The van der Waals surface area contributed by atoms with Crippen molar-refractivity contribution >= 4 is 23.2 Å². The number of ether oxygens (including phenoxy) is 1. The molecule has 0 saturated carbocycles. The molecular weight excluding hydrogens is 402 g/mol. The highest BCUT2D eigenvalue weighted by Gasteiger charge is 2.37. The highest BCUT2D eigenvalue weighted by molar-refractivity contribution is 6.30. The molecule has 2 unspecified atom stereocenters. The van der Waals surface area contributed by atoms with Crippen molar-refractivity contribution in [1.82, 2.24) is 20.1 Å². The van der Waals surface area contributed by atoms with Gasteiger partial charge in [0.25, 0.3) is 0 Å². The molecule has 2 aromatic rings. The summed E-state index contributed by atoms with van der Waals surface area (Å²) < 4.78 is 7.41. The van der Waals surface area contributed by atoms with Crippen molar-refractivity contribution in [2.24, 2.45) is 10.9 Å². The molecule has 1 aliphatic carbocycles. The van der Waals surface area contributed by atoms with E-state index in [0.717, 1.165) is 17.1 Å². The van der Waals surface area contributed by atoms with E-state index in [-0.39, 0.29) is 24.3 Å². The SMILES string of the molecule is CCNC(=O)C[C@@H]1N=C(c2ccc(Cl)cc2)C2C=C(OC)C#CC2n2c(C)nnc21. The summed E-state index contributed by atoms with van der Waals surface area (Å²) in [6.07, 6.45) is 2.16. The Bertz CT molecular complexity index is 1090. The van der Waals surface area contributed by atoms with Crippen LogP contribution in [0.4, 0.5) is 0 Å². The van der Waals surface area contributed by atoms with E-state index >= 15 is 0 Å². The summed E-state index contributed by atoms with van der Waals surface area (Å²) in [5.74, 6) is 8.05. The molecule has 0 fully saturated rings. The van der Waals surface area contributed by atoms with E-state index in [0.29, 0.717) is 23.2 Å². The molecule has 1 amide bonds. The number of methoxy groups -OCH3 is 1. The van der Waals surface area contributed by atoms with Crippen LogP contribution in [0.2, 0.25) is 5.02 Å². The number of aryl methyl sites for hydroxylation is 1. The van der Waals surface area contributed by atoms with E-state index in [1.54, 1.807) is 7.11 Å². The number of aliphatic imine (C=N–C) groups is 1. The number of amides is 1. The van der Waals surface area contributed by atoms with Gasteiger partial charge >= 0.3 is 0 Å². The van der Waals surface area contributed by atoms with Crippen LogP contribution in [-0.2, 0) is 9.53 Å². The van der Waals surface area contributed by atoms with Crippen molar-refractivity contribution in [1.29, 1.82) is 0 Å². The smallest absolute Gasteiger partial charge is 0.222 e. The number of hydrogen-bond donors (Lipinski definition) is 1. The molecule has 2 aliphatic rings. The van der Waals surface area contributed by atoms with E-state index in [2.05, 4.69) is 27.4 Å². The molecule has 2 heterocycles. The van der Waals surface area contributed by atoms with Crippen LogP contribution in [0.25, 0.3) is 0 Å². The highest BCUT2D eigenvalue weighted by Crippen LogP contribution is 2.37. The van der Waals surface area contributed by atoms with E-state index in [4.69, 9.17) is 21.3 Å². The third-order valence-corrected chi connectivity index (χ3v) is 5.46. The van der Waals surface area contributed by atoms with Crippen LogP contribution in [0, 0.1) is 24.7 Å². The van der Waals surface area contributed by atoms with Crippen LogP contribution < -0.4 is 5.32 Å². The summed E-state index contributed by atoms with van der Waals surface area (Å²) in [5.41, 5.74) is 1.74. The Kier molecular flexibility index (Phi) is 5.60. The summed E-state index contributed by atoms with van der Waals surface area (Å²) in [4.78, 5) is 17.5. The Labute approximate surface area is 180 Å². The molecule has 0 radical (unpaired) electrons. The van der Waals surface area contributed by atoms with Gasteiger partial charge in [-0.05, 0) is 43.5 Å². The second-order valence-electron chi connectivity index (χ2n) is 7.15. The van der Waals surface area contributed by atoms with E-state index in [1.807, 2.05) is 48.8 Å². The van der Waals surface area contributed by atoms with Gasteiger partial charge in [-0.2, -0.15) is 0 Å². The van der Waals surface area contributed by atoms with Gasteiger partial charge < -0.3 is 10.1 Å². The monoisotopic (exact) mass is 423 g/mol. The minimum atomic E-state index is -0.477. The average Bonchev–Trinajstić information content (AvgIpc) is 3.06. The lowest BCUT2D eigenvalue weighted by molar-refractivity contribution is -0.121. The molecule has 1 aliphatic heterocycles. The predicted octanol–water partition coefficient (Wildman–Crippen LogP) is 3.01. The number of allylic oxidation sites excluding steroid dienone is 2. The summed E-state index contributed by atoms with van der Waals surface area (Å²) in [6, 6.07) is 6.81. The van der Waals surface area contributed by atoms with Crippen molar-refractivity contribution < 1.29 is 9.53 Å². The molecule has 1 aromatic heterocycles. The van der Waals surface area contributed by atoms with Gasteiger partial charge in [-0.3, -0.25) is 14.4 Å². The highest BCUT2D eigenvalue weighted by atomic mass is 35.5. The first-order valence-electron chi connectivity index (χ1n) is 9.81. The minimum absolute atomic E-state index is 0.0852. The molecule has 1 N–H and O–H groups in total. The largest absolute Gasteiger partial charge is 0.489 e. The molecule has 0 spiro atoms. The topological polar surface area (TPSA) is 81.4 Å². The number of nitrogens with zero attached hydrogens (tertiary/aromatic N) is 4. The minimum Gasteiger partial charge on any atom is -0.489 e. The lowest BCUT2D eigenvalue weighted by atomic mass is 9.87. The number of rotatable bonds is 5. The number of aromatic nitrogens is 3. The molecule has 4 rings (SSSR count). The van der Waals surface area contributed by atoms with Gasteiger partial charge in [0.2, 0.25) is 5.91 Å². The zero-order chi connectivity index (χ0) is 21.3. The van der Waals surface area contributed by atoms with Gasteiger partial charge in [-0.25, -0.2) is 0 Å². The maximum Gasteiger partial charge on any atom is 0.222 e. The first-order valence-corrected chi connectivity index (χ1v) is 10.2. The fourth-order valence-corrected chi connectivity index (χ4v) is 3.97. The lowest BCUT2D eigenvalue weighted by Gasteiger charge is -2.25. The van der Waals surface area contributed by atoms with Crippen LogP contribution in [-0.4, -0.2) is 40.0 Å². The quantitative estimate of drug-likeness (QED) is 0.749. The third kappa shape index (κ3) is 3.71. The number of carbonyl (C=O) groups excluding carboxylic acids is 1. The van der Waals surface area contributed by atoms with Gasteiger partial charge in [0.05, 0.1) is 25.2 Å². The van der Waals surface area contributed by atoms with Gasteiger partial charge in [-0.1, -0.05) is 29.7 Å². The summed E-state index contributed by atoms with van der Waals surface area (Å²) in [6.45, 7) is 4.34. The van der Waals surface area contributed by atoms with Crippen molar-refractivity contribution in [3.05, 3.63) is 58.3 Å². The summed E-state index contributed by atoms with van der Waals surface area (Å²) in [7, 11) is 1.60. The summed E-state index contributed by atoms with van der Waals surface area (Å²) in [5, 5.41) is 12.1. The van der Waals surface area contributed by atoms with E-state index in [1.165, 1.54) is 0 Å². The van der Waals surface area contributed by atoms with Crippen molar-refractivity contribution in [2.75, 3.05) is 13.7 Å². The van der Waals surface area contributed by atoms with Gasteiger partial charge in [0.15, 0.2) is 11.6 Å². The van der Waals surface area contributed by atoms with Crippen LogP contribution >= 0.6 is 11.6 Å². The zero-order valence-corrected chi connectivity index (χ0v) is 17.8. The Morgan fingerprint density at radius 3 is 2.77 bits per heavy atom. The molecule has 3 atom stereocenters. The Morgan fingerprint density at radius 2 is 2.07 bits per heavy atom. The van der Waals surface area contributed by atoms with Crippen molar-refractivity contribution in [2.45, 2.75) is 32.4 Å². The molecule has 0 saturated heterocycles. The maximum absolute atomic E-state index is 12.4. The third-order valence-electron chi connectivity index (χ3n) is 5.21. The van der Waals surface area contributed by atoms with Crippen LogP contribution in [0.3, 0.4) is 0 Å². The Hall–Kier alpha value is -3.11. The number of fused-ring (bicyclic) bond motifs is 3. The number of benzene rings is 1. The van der Waals surface area contributed by atoms with Crippen LogP contribution in [0.1, 0.15) is 42.6 Å². The first kappa shape index (κ1) is 20.2. The van der Waals surface area contributed by atoms with Gasteiger partial charge in [-0.15, -0.1) is 10.2 Å². The van der Waals surface area contributed by atoms with Crippen LogP contribution in [0.15, 0.2) is 41.1 Å². The Balaban J connectivity index is 1.89. The zero-order valence-electron chi connectivity index (χ0n) is 17.0. The number of halogens is 1. The molecule has 154 valence electrons. The predicted molar refractivity (Wildman–Crippen MR) is 114 cm³/mol. The van der Waals surface area contributed by atoms with E-state index < -0.39 is 6.04 Å². The number of hydrogen-bond acceptors (Lipinski definition) is 5. The standard InChI is InChI=1S/C22H22ClN5O2/c1-4-24-20(29)12-18-22-27-26-13(2)28(22)19-10-9-16(30-3)11-17(19)21(25-18)14-5-7-15(23)8-6-14/h5-8,11,17-19H,4,12H2,1-3H3,(H,24,29)/t17?,18-,19?/m0/s1. The normalized spacial score (nSPS) is 21.8. The van der Waals surface area contributed by atoms with E-state index in [9.17, 15) is 4.79 Å².